The van der Waals surface area contributed by atoms with E-state index in [2.05, 4.69) is 46.7 Å². The minimum absolute atomic E-state index is 0.140. The van der Waals surface area contributed by atoms with E-state index in [0.717, 1.165) is 23.5 Å². The SMILES string of the molecule is CCn1cnnc1CCNC(=O)c1cn(Cc2ccc(C)cc2)nc1-c1ccc(C)cc1. The van der Waals surface area contributed by atoms with E-state index in [0.29, 0.717) is 30.8 Å². The van der Waals surface area contributed by atoms with Crippen LogP contribution in [0.3, 0.4) is 0 Å². The molecule has 2 aromatic heterocycles. The highest BCUT2D eigenvalue weighted by molar-refractivity contribution is 5.99. The van der Waals surface area contributed by atoms with Gasteiger partial charge in [0.05, 0.1) is 12.1 Å². The quantitative estimate of drug-likeness (QED) is 0.463. The van der Waals surface area contributed by atoms with Crippen LogP contribution >= 0.6 is 0 Å². The molecule has 0 unspecified atom stereocenters. The number of hydrogen-bond acceptors (Lipinski definition) is 4. The van der Waals surface area contributed by atoms with Crippen molar-refractivity contribution in [2.75, 3.05) is 6.54 Å². The maximum atomic E-state index is 13.1. The molecule has 0 radical (unpaired) electrons. The van der Waals surface area contributed by atoms with Crippen LogP contribution in [0.4, 0.5) is 0 Å². The molecule has 0 aliphatic carbocycles. The molecule has 0 aliphatic heterocycles. The van der Waals surface area contributed by atoms with Crippen LogP contribution in [-0.4, -0.2) is 37.0 Å². The highest BCUT2D eigenvalue weighted by Gasteiger charge is 2.18. The van der Waals surface area contributed by atoms with Crippen LogP contribution in [0.15, 0.2) is 61.1 Å². The van der Waals surface area contributed by atoms with Gasteiger partial charge < -0.3 is 9.88 Å². The Kier molecular flexibility index (Phi) is 6.44. The van der Waals surface area contributed by atoms with Crippen molar-refractivity contribution in [3.05, 3.63) is 89.1 Å². The molecule has 1 N–H and O–H groups in total. The van der Waals surface area contributed by atoms with Crippen molar-refractivity contribution in [2.24, 2.45) is 0 Å². The smallest absolute Gasteiger partial charge is 0.255 e. The van der Waals surface area contributed by atoms with Gasteiger partial charge in [-0.25, -0.2) is 0 Å². The molecule has 4 aromatic rings. The van der Waals surface area contributed by atoms with Crippen LogP contribution in [-0.2, 0) is 19.5 Å². The molecule has 7 nitrogen and oxygen atoms in total. The summed E-state index contributed by atoms with van der Waals surface area (Å²) in [7, 11) is 0. The molecule has 0 bridgehead atoms. The molecule has 1 amide bonds. The second kappa shape index (κ2) is 9.60. The summed E-state index contributed by atoms with van der Waals surface area (Å²) in [6, 6.07) is 16.4. The normalized spacial score (nSPS) is 11.0. The van der Waals surface area contributed by atoms with Crippen LogP contribution in [0.25, 0.3) is 11.3 Å². The van der Waals surface area contributed by atoms with E-state index in [1.165, 1.54) is 11.1 Å². The summed E-state index contributed by atoms with van der Waals surface area (Å²) in [5.74, 6) is 0.722. The highest BCUT2D eigenvalue weighted by Crippen LogP contribution is 2.23. The van der Waals surface area contributed by atoms with Gasteiger partial charge in [0.2, 0.25) is 0 Å². The maximum Gasteiger partial charge on any atom is 0.255 e. The summed E-state index contributed by atoms with van der Waals surface area (Å²) in [5, 5.41) is 15.9. The first-order valence-corrected chi connectivity index (χ1v) is 10.9. The predicted octanol–water partition coefficient (Wildman–Crippen LogP) is 3.80. The maximum absolute atomic E-state index is 13.1. The van der Waals surface area contributed by atoms with Gasteiger partial charge >= 0.3 is 0 Å². The zero-order valence-electron chi connectivity index (χ0n) is 18.7. The van der Waals surface area contributed by atoms with E-state index >= 15 is 0 Å². The third-order valence-electron chi connectivity index (χ3n) is 5.47. The molecular weight excluding hydrogens is 400 g/mol. The molecule has 0 aliphatic rings. The summed E-state index contributed by atoms with van der Waals surface area (Å²) in [5.41, 5.74) is 5.70. The Hall–Kier alpha value is -3.74. The zero-order chi connectivity index (χ0) is 22.5. The van der Waals surface area contributed by atoms with Crippen LogP contribution in [0.1, 0.15) is 39.8 Å². The number of benzene rings is 2. The fraction of sp³-hybridized carbons (Fsp3) is 0.280. The van der Waals surface area contributed by atoms with Crippen molar-refractivity contribution in [1.29, 1.82) is 0 Å². The molecule has 0 saturated heterocycles. The van der Waals surface area contributed by atoms with Crippen molar-refractivity contribution in [2.45, 2.75) is 40.3 Å². The first-order valence-electron chi connectivity index (χ1n) is 10.9. The average molecular weight is 429 g/mol. The zero-order valence-corrected chi connectivity index (χ0v) is 18.7. The van der Waals surface area contributed by atoms with Gasteiger partial charge in [0.25, 0.3) is 5.91 Å². The second-order valence-corrected chi connectivity index (χ2v) is 7.98. The second-order valence-electron chi connectivity index (χ2n) is 7.98. The molecule has 32 heavy (non-hydrogen) atoms. The Labute approximate surface area is 188 Å². The van der Waals surface area contributed by atoms with E-state index in [4.69, 9.17) is 5.10 Å². The fourth-order valence-electron chi connectivity index (χ4n) is 3.59. The number of aromatic nitrogens is 5. The van der Waals surface area contributed by atoms with E-state index in [9.17, 15) is 4.79 Å². The van der Waals surface area contributed by atoms with Gasteiger partial charge in [-0.15, -0.1) is 10.2 Å². The minimum atomic E-state index is -0.140. The van der Waals surface area contributed by atoms with Gasteiger partial charge in [-0.05, 0) is 26.3 Å². The van der Waals surface area contributed by atoms with Gasteiger partial charge in [0.1, 0.15) is 17.8 Å². The summed E-state index contributed by atoms with van der Waals surface area (Å²) in [6.45, 7) is 8.04. The lowest BCUT2D eigenvalue weighted by atomic mass is 10.1. The summed E-state index contributed by atoms with van der Waals surface area (Å²) >= 11 is 0. The molecule has 164 valence electrons. The number of nitrogens with one attached hydrogen (secondary N) is 1. The van der Waals surface area contributed by atoms with Gasteiger partial charge in [-0.3, -0.25) is 9.48 Å². The van der Waals surface area contributed by atoms with Crippen molar-refractivity contribution in [3.8, 4) is 11.3 Å². The Morgan fingerprint density at radius 3 is 2.38 bits per heavy atom. The molecule has 7 heteroatoms. The van der Waals surface area contributed by atoms with E-state index in [1.807, 2.05) is 53.6 Å². The molecule has 4 rings (SSSR count). The Bertz CT molecular complexity index is 1190. The van der Waals surface area contributed by atoms with E-state index < -0.39 is 0 Å². The molecule has 0 saturated carbocycles. The summed E-state index contributed by atoms with van der Waals surface area (Å²) in [6.07, 6.45) is 4.16. The number of hydrogen-bond donors (Lipinski definition) is 1. The van der Waals surface area contributed by atoms with Crippen molar-refractivity contribution in [3.63, 3.8) is 0 Å². The third kappa shape index (κ3) is 4.94. The summed E-state index contributed by atoms with van der Waals surface area (Å²) in [4.78, 5) is 13.1. The van der Waals surface area contributed by atoms with Crippen molar-refractivity contribution >= 4 is 5.91 Å². The van der Waals surface area contributed by atoms with Crippen LogP contribution in [0, 0.1) is 13.8 Å². The average Bonchev–Trinajstić information content (AvgIpc) is 3.43. The number of carbonyl (C=O) groups excluding carboxylic acids is 1. The molecular formula is C25H28N6O. The molecule has 2 aromatic carbocycles. The monoisotopic (exact) mass is 428 g/mol. The Balaban J connectivity index is 1.55. The highest BCUT2D eigenvalue weighted by atomic mass is 16.1. The third-order valence-corrected chi connectivity index (χ3v) is 5.47. The minimum Gasteiger partial charge on any atom is -0.351 e. The first-order chi connectivity index (χ1) is 15.5. The van der Waals surface area contributed by atoms with Crippen molar-refractivity contribution in [1.82, 2.24) is 29.9 Å². The van der Waals surface area contributed by atoms with Gasteiger partial charge in [-0.1, -0.05) is 59.7 Å². The van der Waals surface area contributed by atoms with E-state index in [1.54, 1.807) is 6.33 Å². The molecule has 0 atom stereocenters. The lowest BCUT2D eigenvalue weighted by Gasteiger charge is -2.06. The molecule has 0 spiro atoms. The van der Waals surface area contributed by atoms with E-state index in [-0.39, 0.29) is 5.91 Å². The Morgan fingerprint density at radius 2 is 1.69 bits per heavy atom. The standard InChI is InChI=1S/C25H28N6O/c1-4-30-17-27-28-23(30)13-14-26-25(32)22-16-31(15-20-9-5-18(2)6-10-20)29-24(22)21-11-7-19(3)8-12-21/h5-12,16-17H,4,13-15H2,1-3H3,(H,26,32). The number of amides is 1. The van der Waals surface area contributed by atoms with Gasteiger partial charge in [0, 0.05) is 31.3 Å². The topological polar surface area (TPSA) is 77.6 Å². The lowest BCUT2D eigenvalue weighted by molar-refractivity contribution is 0.0954. The number of rotatable bonds is 8. The predicted molar refractivity (Wildman–Crippen MR) is 124 cm³/mol. The number of carbonyl (C=O) groups is 1. The van der Waals surface area contributed by atoms with Crippen LogP contribution in [0.5, 0.6) is 0 Å². The fourth-order valence-corrected chi connectivity index (χ4v) is 3.59. The van der Waals surface area contributed by atoms with Crippen molar-refractivity contribution < 1.29 is 4.79 Å². The van der Waals surface area contributed by atoms with Crippen LogP contribution in [0.2, 0.25) is 0 Å². The number of nitrogens with zero attached hydrogens (tertiary/aromatic N) is 5. The Morgan fingerprint density at radius 1 is 1.00 bits per heavy atom. The lowest BCUT2D eigenvalue weighted by Crippen LogP contribution is -2.26. The van der Waals surface area contributed by atoms with Crippen LogP contribution < -0.4 is 5.32 Å². The molecule has 2 heterocycles. The summed E-state index contributed by atoms with van der Waals surface area (Å²) < 4.78 is 3.81. The largest absolute Gasteiger partial charge is 0.351 e. The van der Waals surface area contributed by atoms with Gasteiger partial charge in [-0.2, -0.15) is 5.10 Å². The number of aryl methyl sites for hydroxylation is 3. The first kappa shape index (κ1) is 21.5. The molecule has 0 fully saturated rings. The van der Waals surface area contributed by atoms with Gasteiger partial charge in [0.15, 0.2) is 0 Å².